The SMILES string of the molecule is COC1CCC(c2ccccc2N(C)S(C)(=O)=O)C2(CCCNC2c2ccccc2)N1. The van der Waals surface area contributed by atoms with Crippen molar-refractivity contribution in [1.29, 1.82) is 0 Å². The van der Waals surface area contributed by atoms with Crippen LogP contribution in [0.15, 0.2) is 54.6 Å². The first-order valence-electron chi connectivity index (χ1n) is 11.0. The summed E-state index contributed by atoms with van der Waals surface area (Å²) in [4.78, 5) is 0. The molecule has 2 aliphatic heterocycles. The smallest absolute Gasteiger partial charge is 0.232 e. The van der Waals surface area contributed by atoms with E-state index in [1.165, 1.54) is 16.1 Å². The van der Waals surface area contributed by atoms with Crippen molar-refractivity contribution in [3.8, 4) is 0 Å². The summed E-state index contributed by atoms with van der Waals surface area (Å²) in [6, 6.07) is 18.6. The van der Waals surface area contributed by atoms with Gasteiger partial charge in [0.2, 0.25) is 10.0 Å². The fraction of sp³-hybridized carbons (Fsp3) is 0.500. The van der Waals surface area contributed by atoms with E-state index in [-0.39, 0.29) is 23.7 Å². The lowest BCUT2D eigenvalue weighted by atomic mass is 9.64. The maximum atomic E-state index is 12.4. The number of hydrogen-bond donors (Lipinski definition) is 2. The van der Waals surface area contributed by atoms with E-state index in [0.29, 0.717) is 0 Å². The first kappa shape index (κ1) is 22.3. The number of methoxy groups -OCH3 is 1. The number of nitrogens with zero attached hydrogens (tertiary/aromatic N) is 1. The molecular weight excluding hydrogens is 410 g/mol. The maximum absolute atomic E-state index is 12.4. The Morgan fingerprint density at radius 2 is 1.77 bits per heavy atom. The van der Waals surface area contributed by atoms with Gasteiger partial charge in [0, 0.05) is 25.6 Å². The predicted octanol–water partition coefficient (Wildman–Crippen LogP) is 3.39. The van der Waals surface area contributed by atoms with Gasteiger partial charge in [0.25, 0.3) is 0 Å². The van der Waals surface area contributed by atoms with Gasteiger partial charge in [0.15, 0.2) is 0 Å². The molecule has 2 N–H and O–H groups in total. The van der Waals surface area contributed by atoms with E-state index in [1.807, 2.05) is 24.3 Å². The second-order valence-electron chi connectivity index (χ2n) is 8.73. The first-order valence-corrected chi connectivity index (χ1v) is 12.8. The lowest BCUT2D eigenvalue weighted by molar-refractivity contribution is -0.0260. The molecule has 0 aliphatic carbocycles. The minimum Gasteiger partial charge on any atom is -0.367 e. The zero-order valence-corrected chi connectivity index (χ0v) is 19.4. The summed E-state index contributed by atoms with van der Waals surface area (Å²) in [6.07, 6.45) is 5.07. The van der Waals surface area contributed by atoms with Crippen LogP contribution >= 0.6 is 0 Å². The number of sulfonamides is 1. The van der Waals surface area contributed by atoms with E-state index in [1.54, 1.807) is 14.2 Å². The average Bonchev–Trinajstić information content (AvgIpc) is 2.79. The van der Waals surface area contributed by atoms with Gasteiger partial charge < -0.3 is 10.1 Å². The van der Waals surface area contributed by atoms with Gasteiger partial charge in [-0.3, -0.25) is 9.62 Å². The molecule has 6 nitrogen and oxygen atoms in total. The fourth-order valence-electron chi connectivity index (χ4n) is 5.45. The molecule has 0 saturated carbocycles. The maximum Gasteiger partial charge on any atom is 0.232 e. The Bertz CT molecular complexity index is 998. The lowest BCUT2D eigenvalue weighted by Crippen LogP contribution is -2.66. The van der Waals surface area contributed by atoms with Gasteiger partial charge >= 0.3 is 0 Å². The van der Waals surface area contributed by atoms with Gasteiger partial charge in [-0.25, -0.2) is 8.42 Å². The van der Waals surface area contributed by atoms with Crippen LogP contribution in [-0.4, -0.2) is 47.1 Å². The molecule has 1 spiro atoms. The summed E-state index contributed by atoms with van der Waals surface area (Å²) in [7, 11) is 0.0287. The summed E-state index contributed by atoms with van der Waals surface area (Å²) in [5.74, 6) is 0.136. The van der Waals surface area contributed by atoms with Crippen molar-refractivity contribution in [3.05, 3.63) is 65.7 Å². The summed E-state index contributed by atoms with van der Waals surface area (Å²) in [5, 5.41) is 7.64. The second kappa shape index (κ2) is 8.90. The molecule has 4 rings (SSSR count). The Balaban J connectivity index is 1.85. The van der Waals surface area contributed by atoms with E-state index < -0.39 is 10.0 Å². The van der Waals surface area contributed by atoms with Crippen molar-refractivity contribution in [2.45, 2.75) is 49.4 Å². The molecule has 0 aromatic heterocycles. The number of piperidine rings is 2. The summed E-state index contributed by atoms with van der Waals surface area (Å²) < 4.78 is 32.0. The molecule has 2 fully saturated rings. The van der Waals surface area contributed by atoms with Gasteiger partial charge in [0.1, 0.15) is 6.23 Å². The third kappa shape index (κ3) is 4.24. The molecule has 2 aliphatic rings. The highest BCUT2D eigenvalue weighted by atomic mass is 32.2. The number of benzene rings is 2. The van der Waals surface area contributed by atoms with Crippen molar-refractivity contribution >= 4 is 15.7 Å². The molecule has 4 atom stereocenters. The number of ether oxygens (including phenoxy) is 1. The van der Waals surface area contributed by atoms with Crippen molar-refractivity contribution in [1.82, 2.24) is 10.6 Å². The molecule has 2 heterocycles. The van der Waals surface area contributed by atoms with Crippen LogP contribution in [0.4, 0.5) is 5.69 Å². The van der Waals surface area contributed by atoms with Gasteiger partial charge in [-0.1, -0.05) is 48.5 Å². The third-order valence-corrected chi connectivity index (χ3v) is 8.16. The monoisotopic (exact) mass is 443 g/mol. The van der Waals surface area contributed by atoms with Crippen LogP contribution in [0, 0.1) is 0 Å². The highest BCUT2D eigenvalue weighted by Crippen LogP contribution is 2.50. The Hall–Kier alpha value is -1.93. The van der Waals surface area contributed by atoms with Crippen molar-refractivity contribution in [3.63, 3.8) is 0 Å². The van der Waals surface area contributed by atoms with Gasteiger partial charge in [-0.2, -0.15) is 0 Å². The van der Waals surface area contributed by atoms with Gasteiger partial charge in [-0.15, -0.1) is 0 Å². The van der Waals surface area contributed by atoms with E-state index in [9.17, 15) is 8.42 Å². The zero-order valence-electron chi connectivity index (χ0n) is 18.5. The molecule has 168 valence electrons. The van der Waals surface area contributed by atoms with Crippen LogP contribution in [0.5, 0.6) is 0 Å². The molecule has 7 heteroatoms. The second-order valence-corrected chi connectivity index (χ2v) is 10.7. The summed E-state index contributed by atoms with van der Waals surface area (Å²) >= 11 is 0. The highest BCUT2D eigenvalue weighted by Gasteiger charge is 2.51. The van der Waals surface area contributed by atoms with Crippen LogP contribution in [0.25, 0.3) is 0 Å². The van der Waals surface area contributed by atoms with Crippen LogP contribution in [0.1, 0.15) is 48.8 Å². The molecule has 0 bridgehead atoms. The molecular formula is C24H33N3O3S. The molecule has 2 saturated heterocycles. The lowest BCUT2D eigenvalue weighted by Gasteiger charge is -2.55. The highest BCUT2D eigenvalue weighted by molar-refractivity contribution is 7.92. The minimum atomic E-state index is -3.37. The number of para-hydroxylation sites is 1. The molecule has 0 amide bonds. The van der Waals surface area contributed by atoms with E-state index in [0.717, 1.165) is 43.5 Å². The quantitative estimate of drug-likeness (QED) is 0.741. The Morgan fingerprint density at radius 3 is 2.48 bits per heavy atom. The Morgan fingerprint density at radius 1 is 1.06 bits per heavy atom. The van der Waals surface area contributed by atoms with Gasteiger partial charge in [0.05, 0.1) is 18.0 Å². The van der Waals surface area contributed by atoms with Crippen LogP contribution in [0.3, 0.4) is 0 Å². The predicted molar refractivity (Wildman–Crippen MR) is 125 cm³/mol. The van der Waals surface area contributed by atoms with Crippen molar-refractivity contribution in [2.24, 2.45) is 0 Å². The summed E-state index contributed by atoms with van der Waals surface area (Å²) in [5.41, 5.74) is 2.78. The van der Waals surface area contributed by atoms with Crippen LogP contribution < -0.4 is 14.9 Å². The Kier molecular flexibility index (Phi) is 6.40. The first-order chi connectivity index (χ1) is 14.9. The molecule has 4 unspecified atom stereocenters. The van der Waals surface area contributed by atoms with Crippen LogP contribution in [-0.2, 0) is 14.8 Å². The molecule has 2 aromatic carbocycles. The van der Waals surface area contributed by atoms with Crippen LogP contribution in [0.2, 0.25) is 0 Å². The topological polar surface area (TPSA) is 70.7 Å². The third-order valence-electron chi connectivity index (χ3n) is 6.97. The molecule has 0 radical (unpaired) electrons. The normalized spacial score (nSPS) is 29.1. The van der Waals surface area contributed by atoms with E-state index in [2.05, 4.69) is 41.0 Å². The fourth-order valence-corrected chi connectivity index (χ4v) is 5.97. The standard InChI is InChI=1S/C24H33N3O3S/c1-27(31(3,28)29)21-13-8-7-12-19(21)20-14-15-22(30-2)26-24(20)16-9-17-25-23(24)18-10-5-4-6-11-18/h4-8,10-13,20,22-23,25-26H,9,14-17H2,1-3H3. The number of rotatable bonds is 5. The molecule has 31 heavy (non-hydrogen) atoms. The summed E-state index contributed by atoms with van der Waals surface area (Å²) in [6.45, 7) is 0.957. The number of nitrogens with one attached hydrogen (secondary N) is 2. The van der Waals surface area contributed by atoms with Crippen molar-refractivity contribution < 1.29 is 13.2 Å². The van der Waals surface area contributed by atoms with E-state index in [4.69, 9.17) is 4.74 Å². The Labute approximate surface area is 186 Å². The molecule has 2 aromatic rings. The van der Waals surface area contributed by atoms with Gasteiger partial charge in [-0.05, 0) is 49.4 Å². The number of anilines is 1. The number of hydrogen-bond acceptors (Lipinski definition) is 5. The average molecular weight is 444 g/mol. The van der Waals surface area contributed by atoms with Crippen molar-refractivity contribution in [2.75, 3.05) is 31.3 Å². The minimum absolute atomic E-state index is 0.0258. The largest absolute Gasteiger partial charge is 0.367 e. The zero-order chi connectivity index (χ0) is 22.1. The van der Waals surface area contributed by atoms with E-state index >= 15 is 0 Å².